The first kappa shape index (κ1) is 14.9. The Morgan fingerprint density at radius 2 is 1.86 bits per heavy atom. The summed E-state index contributed by atoms with van der Waals surface area (Å²) in [6.45, 7) is 0. The zero-order valence-electron chi connectivity index (χ0n) is 12.9. The number of benzene rings is 1. The van der Waals surface area contributed by atoms with Crippen LogP contribution in [0.2, 0.25) is 0 Å². The summed E-state index contributed by atoms with van der Waals surface area (Å²) in [6.07, 6.45) is 8.30. The Kier molecular flexibility index (Phi) is 4.32. The Labute approximate surface area is 129 Å². The van der Waals surface area contributed by atoms with Crippen LogP contribution in [0.1, 0.15) is 55.3 Å². The number of fused-ring (bicyclic) bond motifs is 1. The van der Waals surface area contributed by atoms with Crippen molar-refractivity contribution in [2.24, 2.45) is 7.05 Å². The van der Waals surface area contributed by atoms with Gasteiger partial charge in [0.2, 0.25) is 0 Å². The van der Waals surface area contributed by atoms with Gasteiger partial charge in [0.05, 0.1) is 5.52 Å². The van der Waals surface area contributed by atoms with Crippen LogP contribution in [0.15, 0.2) is 27.4 Å². The third-order valence-corrected chi connectivity index (χ3v) is 4.49. The minimum absolute atomic E-state index is 0.0684. The molecule has 1 fully saturated rings. The molecule has 1 N–H and O–H groups in total. The van der Waals surface area contributed by atoms with E-state index >= 15 is 0 Å². The van der Waals surface area contributed by atoms with Gasteiger partial charge in [-0.05, 0) is 31.0 Å². The highest BCUT2D eigenvalue weighted by atomic mass is 16.4. The van der Waals surface area contributed by atoms with E-state index in [1.165, 1.54) is 36.7 Å². The van der Waals surface area contributed by atoms with Gasteiger partial charge in [0.25, 0.3) is 5.91 Å². The predicted molar refractivity (Wildman–Crippen MR) is 85.0 cm³/mol. The second-order valence-electron chi connectivity index (χ2n) is 6.12. The molecule has 1 aromatic heterocycles. The third-order valence-electron chi connectivity index (χ3n) is 4.49. The van der Waals surface area contributed by atoms with Gasteiger partial charge in [-0.15, -0.1) is 0 Å². The monoisotopic (exact) mass is 302 g/mol. The molecule has 0 spiro atoms. The zero-order valence-corrected chi connectivity index (χ0v) is 12.9. The predicted octanol–water partition coefficient (Wildman–Crippen LogP) is 2.97. The van der Waals surface area contributed by atoms with Gasteiger partial charge < -0.3 is 9.73 Å². The first-order valence-electron chi connectivity index (χ1n) is 8.05. The van der Waals surface area contributed by atoms with Crippen molar-refractivity contribution in [1.82, 2.24) is 9.88 Å². The summed E-state index contributed by atoms with van der Waals surface area (Å²) in [5.41, 5.74) is 1.73. The van der Waals surface area contributed by atoms with Gasteiger partial charge in [-0.1, -0.05) is 32.1 Å². The van der Waals surface area contributed by atoms with E-state index in [4.69, 9.17) is 4.42 Å². The van der Waals surface area contributed by atoms with Crippen LogP contribution in [0.5, 0.6) is 0 Å². The normalized spacial score (nSPS) is 17.1. The molecule has 1 heterocycles. The smallest absolute Gasteiger partial charge is 0.408 e. The largest absolute Gasteiger partial charge is 0.419 e. The standard InChI is InChI=1S/C17H22N2O3/c1-19-14-11-12(9-10-15(14)22-17(19)21)16(20)18-13-7-5-3-2-4-6-8-13/h9-11,13H,2-8H2,1H3,(H,18,20). The number of carbonyl (C=O) groups excluding carboxylic acids is 1. The summed E-state index contributed by atoms with van der Waals surface area (Å²) >= 11 is 0. The number of hydrogen-bond acceptors (Lipinski definition) is 3. The Morgan fingerprint density at radius 3 is 2.59 bits per heavy atom. The van der Waals surface area contributed by atoms with Gasteiger partial charge in [-0.3, -0.25) is 9.36 Å². The first-order valence-corrected chi connectivity index (χ1v) is 8.05. The molecule has 118 valence electrons. The summed E-state index contributed by atoms with van der Waals surface area (Å²) < 4.78 is 6.51. The molecule has 1 aromatic carbocycles. The quantitative estimate of drug-likeness (QED) is 0.927. The van der Waals surface area contributed by atoms with E-state index in [-0.39, 0.29) is 11.9 Å². The highest BCUT2D eigenvalue weighted by Crippen LogP contribution is 2.18. The average molecular weight is 302 g/mol. The topological polar surface area (TPSA) is 64.2 Å². The molecule has 22 heavy (non-hydrogen) atoms. The number of hydrogen-bond donors (Lipinski definition) is 1. The molecule has 0 bridgehead atoms. The molecular formula is C17H22N2O3. The van der Waals surface area contributed by atoms with E-state index in [1.54, 1.807) is 25.2 Å². The van der Waals surface area contributed by atoms with Crippen molar-refractivity contribution < 1.29 is 9.21 Å². The van der Waals surface area contributed by atoms with E-state index in [1.807, 2.05) is 0 Å². The molecule has 1 saturated carbocycles. The lowest BCUT2D eigenvalue weighted by Gasteiger charge is -2.21. The summed E-state index contributed by atoms with van der Waals surface area (Å²) in [5, 5.41) is 3.14. The number of aromatic nitrogens is 1. The Bertz CT molecular complexity index is 721. The van der Waals surface area contributed by atoms with Gasteiger partial charge in [0, 0.05) is 18.7 Å². The van der Waals surface area contributed by atoms with Crippen molar-refractivity contribution in [3.63, 3.8) is 0 Å². The molecule has 5 nitrogen and oxygen atoms in total. The lowest BCUT2D eigenvalue weighted by molar-refractivity contribution is 0.0930. The molecule has 1 amide bonds. The minimum atomic E-state index is -0.410. The van der Waals surface area contributed by atoms with Gasteiger partial charge in [-0.25, -0.2) is 4.79 Å². The maximum atomic E-state index is 12.4. The van der Waals surface area contributed by atoms with E-state index < -0.39 is 5.76 Å². The van der Waals surface area contributed by atoms with E-state index in [0.29, 0.717) is 16.7 Å². The number of nitrogens with zero attached hydrogens (tertiary/aromatic N) is 1. The maximum Gasteiger partial charge on any atom is 0.419 e. The number of rotatable bonds is 2. The highest BCUT2D eigenvalue weighted by molar-refractivity contribution is 5.97. The molecule has 3 rings (SSSR count). The molecule has 1 aliphatic carbocycles. The molecule has 0 saturated heterocycles. The number of oxazole rings is 1. The number of carbonyl (C=O) groups is 1. The lowest BCUT2D eigenvalue weighted by atomic mass is 9.96. The van der Waals surface area contributed by atoms with E-state index in [9.17, 15) is 9.59 Å². The van der Waals surface area contributed by atoms with Crippen molar-refractivity contribution >= 4 is 17.0 Å². The number of amides is 1. The molecule has 0 unspecified atom stereocenters. The van der Waals surface area contributed by atoms with Gasteiger partial charge >= 0.3 is 5.76 Å². The van der Waals surface area contributed by atoms with E-state index in [0.717, 1.165) is 12.8 Å². The van der Waals surface area contributed by atoms with Crippen LogP contribution < -0.4 is 11.1 Å². The van der Waals surface area contributed by atoms with Crippen molar-refractivity contribution in [3.8, 4) is 0 Å². The summed E-state index contributed by atoms with van der Waals surface area (Å²) in [4.78, 5) is 23.9. The molecule has 0 radical (unpaired) electrons. The van der Waals surface area contributed by atoms with Crippen LogP contribution >= 0.6 is 0 Å². The Balaban J connectivity index is 1.76. The van der Waals surface area contributed by atoms with Crippen LogP contribution in [0.3, 0.4) is 0 Å². The molecule has 0 atom stereocenters. The SMILES string of the molecule is Cn1c(=O)oc2ccc(C(=O)NC3CCCCCCC3)cc21. The van der Waals surface area contributed by atoms with Crippen molar-refractivity contribution in [2.75, 3.05) is 0 Å². The Hall–Kier alpha value is -2.04. The summed E-state index contributed by atoms with van der Waals surface area (Å²) in [7, 11) is 1.64. The van der Waals surface area contributed by atoms with Crippen molar-refractivity contribution in [1.29, 1.82) is 0 Å². The fourth-order valence-electron chi connectivity index (χ4n) is 3.14. The zero-order chi connectivity index (χ0) is 15.5. The van der Waals surface area contributed by atoms with Crippen LogP contribution in [0, 0.1) is 0 Å². The second-order valence-corrected chi connectivity index (χ2v) is 6.12. The molecular weight excluding hydrogens is 280 g/mol. The lowest BCUT2D eigenvalue weighted by Crippen LogP contribution is -2.35. The highest BCUT2D eigenvalue weighted by Gasteiger charge is 2.16. The van der Waals surface area contributed by atoms with Crippen molar-refractivity contribution in [3.05, 3.63) is 34.3 Å². The van der Waals surface area contributed by atoms with Crippen molar-refractivity contribution in [2.45, 2.75) is 51.0 Å². The van der Waals surface area contributed by atoms with Gasteiger partial charge in [0.15, 0.2) is 5.58 Å². The van der Waals surface area contributed by atoms with Crippen LogP contribution in [0.4, 0.5) is 0 Å². The molecule has 0 aliphatic heterocycles. The number of nitrogens with one attached hydrogen (secondary N) is 1. The molecule has 5 heteroatoms. The average Bonchev–Trinajstić information content (AvgIpc) is 2.76. The summed E-state index contributed by atoms with van der Waals surface area (Å²) in [5.74, 6) is -0.478. The van der Waals surface area contributed by atoms with Crippen LogP contribution in [-0.2, 0) is 7.05 Å². The summed E-state index contributed by atoms with van der Waals surface area (Å²) in [6, 6.07) is 5.38. The fraction of sp³-hybridized carbons (Fsp3) is 0.529. The van der Waals surface area contributed by atoms with Gasteiger partial charge in [-0.2, -0.15) is 0 Å². The van der Waals surface area contributed by atoms with E-state index in [2.05, 4.69) is 5.32 Å². The fourth-order valence-corrected chi connectivity index (χ4v) is 3.14. The second kappa shape index (κ2) is 6.38. The molecule has 1 aliphatic rings. The maximum absolute atomic E-state index is 12.4. The first-order chi connectivity index (χ1) is 10.6. The third kappa shape index (κ3) is 3.08. The minimum Gasteiger partial charge on any atom is -0.408 e. The van der Waals surface area contributed by atoms with Gasteiger partial charge in [0.1, 0.15) is 0 Å². The van der Waals surface area contributed by atoms with Crippen LogP contribution in [-0.4, -0.2) is 16.5 Å². The number of aryl methyl sites for hydroxylation is 1. The Morgan fingerprint density at radius 1 is 1.18 bits per heavy atom. The molecule has 2 aromatic rings. The van der Waals surface area contributed by atoms with Crippen LogP contribution in [0.25, 0.3) is 11.1 Å².